The van der Waals surface area contributed by atoms with Crippen molar-refractivity contribution in [2.45, 2.75) is 130 Å². The van der Waals surface area contributed by atoms with Crippen LogP contribution in [0.4, 0.5) is 51.2 Å². The number of para-hydroxylation sites is 2. The van der Waals surface area contributed by atoms with E-state index in [0.717, 1.165) is 58.4 Å². The Labute approximate surface area is 424 Å². The number of hydrogen-bond donors (Lipinski definition) is 0. The molecule has 1 aromatic heterocycles. The Hall–Kier alpha value is -6.72. The molecule has 0 bridgehead atoms. The first-order valence-corrected chi connectivity index (χ1v) is 25.9. The Morgan fingerprint density at radius 1 is 0.479 bits per heavy atom. The average molecular weight is 932 g/mol. The molecule has 8 aromatic rings. The Balaban J connectivity index is 1.33. The molecule has 2 aliphatic heterocycles. The quantitative estimate of drug-likeness (QED) is 0.155. The van der Waals surface area contributed by atoms with Crippen LogP contribution in [-0.4, -0.2) is 6.71 Å². The van der Waals surface area contributed by atoms with Crippen LogP contribution in [0.1, 0.15) is 131 Å². The summed E-state index contributed by atoms with van der Waals surface area (Å²) in [5.74, 6) is 1.12. The van der Waals surface area contributed by atoms with Crippen molar-refractivity contribution < 1.29 is 4.42 Å². The summed E-state index contributed by atoms with van der Waals surface area (Å²) >= 11 is 0. The summed E-state index contributed by atoms with van der Waals surface area (Å²) in [5.41, 5.74) is 21.0. The summed E-state index contributed by atoms with van der Waals surface area (Å²) in [6.07, 6.45) is 2.13. The molecule has 11 rings (SSSR count). The molecule has 3 aliphatic rings. The predicted octanol–water partition coefficient (Wildman–Crippen LogP) is 16.7. The third kappa shape index (κ3) is 7.83. The molecule has 0 atom stereocenters. The maximum Gasteiger partial charge on any atom is 0.297 e. The van der Waals surface area contributed by atoms with Gasteiger partial charge in [-0.05, 0) is 134 Å². The van der Waals surface area contributed by atoms with Crippen LogP contribution in [0, 0.1) is 0 Å². The molecule has 0 unspecified atom stereocenters. The van der Waals surface area contributed by atoms with Gasteiger partial charge < -0.3 is 19.1 Å². The lowest BCUT2D eigenvalue weighted by molar-refractivity contribution is 0.282. The third-order valence-electron chi connectivity index (χ3n) is 15.9. The zero-order chi connectivity index (χ0) is 50.0. The zero-order valence-electron chi connectivity index (χ0n) is 44.3. The molecule has 358 valence electrons. The highest BCUT2D eigenvalue weighted by atomic mass is 16.3. The number of anilines is 9. The smallest absolute Gasteiger partial charge is 0.297 e. The number of nitrogens with zero attached hydrogens (tertiary/aromatic N) is 3. The van der Waals surface area contributed by atoms with E-state index in [4.69, 9.17) is 4.42 Å². The van der Waals surface area contributed by atoms with E-state index in [0.29, 0.717) is 0 Å². The Morgan fingerprint density at radius 2 is 0.972 bits per heavy atom. The fourth-order valence-electron chi connectivity index (χ4n) is 11.6. The molecular formula is C66H70BN3O. The first kappa shape index (κ1) is 46.7. The molecule has 3 heterocycles. The highest BCUT2D eigenvalue weighted by Gasteiger charge is 2.53. The van der Waals surface area contributed by atoms with E-state index in [1.54, 1.807) is 0 Å². The fourth-order valence-corrected chi connectivity index (χ4v) is 11.6. The first-order valence-electron chi connectivity index (χ1n) is 25.9. The summed E-state index contributed by atoms with van der Waals surface area (Å²) in [4.78, 5) is 7.65. The van der Waals surface area contributed by atoms with Gasteiger partial charge in [0.15, 0.2) is 0 Å². The van der Waals surface area contributed by atoms with Gasteiger partial charge in [0.05, 0.1) is 22.7 Å². The summed E-state index contributed by atoms with van der Waals surface area (Å²) in [5, 5.41) is 0. The van der Waals surface area contributed by atoms with Gasteiger partial charge in [0, 0.05) is 50.7 Å². The number of hydrogen-bond acceptors (Lipinski definition) is 4. The summed E-state index contributed by atoms with van der Waals surface area (Å²) < 4.78 is 7.77. The SMILES string of the molecule is CC(C)(C)c1ccc(N2c3cc(N(c4ccccc4)c4ccccc4)cc4c3B(c3cc(C(C)(C)C)ccc3N4c3ccc(C(C)(C)C)cc3-c3ccccc3)c3oc4c(c32)C(C)(C)CCC4(C)C)cc1. The molecule has 0 N–H and O–H groups in total. The van der Waals surface area contributed by atoms with Gasteiger partial charge in [-0.3, -0.25) is 0 Å². The number of fused-ring (bicyclic) bond motifs is 6. The van der Waals surface area contributed by atoms with Crippen LogP contribution in [0.25, 0.3) is 11.1 Å². The van der Waals surface area contributed by atoms with E-state index in [9.17, 15) is 0 Å². The normalized spacial score (nSPS) is 15.7. The second-order valence-electron chi connectivity index (χ2n) is 25.0. The minimum atomic E-state index is -0.184. The molecule has 4 nitrogen and oxygen atoms in total. The monoisotopic (exact) mass is 932 g/mol. The molecular weight excluding hydrogens is 862 g/mol. The maximum atomic E-state index is 7.77. The van der Waals surface area contributed by atoms with Crippen LogP contribution in [0.5, 0.6) is 0 Å². The van der Waals surface area contributed by atoms with Crippen LogP contribution < -0.4 is 31.3 Å². The van der Waals surface area contributed by atoms with Crippen molar-refractivity contribution in [1.29, 1.82) is 0 Å². The van der Waals surface area contributed by atoms with Gasteiger partial charge in [-0.2, -0.15) is 0 Å². The van der Waals surface area contributed by atoms with Crippen molar-refractivity contribution in [3.63, 3.8) is 0 Å². The Kier molecular flexibility index (Phi) is 10.8. The standard InChI is InChI=1S/C66H70BN3O/c1-62(2,3)44-29-33-49(34-30-44)69-55-41-50(68(47-25-19-15-20-26-47)48-27-21-16-22-28-48)42-56-58(55)67(61-59(69)57-60(71-61)66(12,13)38-37-65(57,10)11)52-40-46(64(7,8)9)32-36-54(52)70(56)53-35-31-45(63(4,5)6)39-51(53)43-23-17-14-18-24-43/h14-36,39-42H,37-38H2,1-13H3. The molecule has 0 saturated carbocycles. The number of benzene rings is 7. The van der Waals surface area contributed by atoms with E-state index < -0.39 is 0 Å². The second-order valence-corrected chi connectivity index (χ2v) is 25.0. The van der Waals surface area contributed by atoms with Crippen LogP contribution in [-0.2, 0) is 27.1 Å². The van der Waals surface area contributed by atoms with Gasteiger partial charge in [0.1, 0.15) is 5.76 Å². The predicted molar refractivity (Wildman–Crippen MR) is 304 cm³/mol. The van der Waals surface area contributed by atoms with Crippen molar-refractivity contribution >= 4 is 74.5 Å². The van der Waals surface area contributed by atoms with E-state index in [1.807, 2.05) is 0 Å². The molecule has 0 amide bonds. The van der Waals surface area contributed by atoms with Gasteiger partial charge in [-0.25, -0.2) is 0 Å². The van der Waals surface area contributed by atoms with Gasteiger partial charge in [-0.1, -0.05) is 187 Å². The minimum absolute atomic E-state index is 0.00355. The van der Waals surface area contributed by atoms with Crippen molar-refractivity contribution in [2.24, 2.45) is 0 Å². The van der Waals surface area contributed by atoms with Gasteiger partial charge in [-0.15, -0.1) is 0 Å². The maximum absolute atomic E-state index is 7.77. The average Bonchev–Trinajstić information content (AvgIpc) is 3.76. The molecule has 7 aromatic carbocycles. The minimum Gasteiger partial charge on any atom is -0.472 e. The van der Waals surface area contributed by atoms with Gasteiger partial charge in [0.25, 0.3) is 6.71 Å². The summed E-state index contributed by atoms with van der Waals surface area (Å²) in [6.45, 7) is 30.4. The van der Waals surface area contributed by atoms with E-state index in [2.05, 4.69) is 269 Å². The van der Waals surface area contributed by atoms with Crippen LogP contribution in [0.15, 0.2) is 168 Å². The van der Waals surface area contributed by atoms with Crippen molar-refractivity contribution in [2.75, 3.05) is 14.7 Å². The van der Waals surface area contributed by atoms with Crippen LogP contribution >= 0.6 is 0 Å². The first-order chi connectivity index (χ1) is 33.6. The molecule has 0 spiro atoms. The zero-order valence-corrected chi connectivity index (χ0v) is 44.3. The van der Waals surface area contributed by atoms with Crippen LogP contribution in [0.3, 0.4) is 0 Å². The molecule has 1 aliphatic carbocycles. The number of furan rings is 1. The molecule has 0 fully saturated rings. The van der Waals surface area contributed by atoms with E-state index in [1.165, 1.54) is 61.4 Å². The lowest BCUT2D eigenvalue weighted by atomic mass is 9.35. The molecule has 0 saturated heterocycles. The van der Waals surface area contributed by atoms with Crippen molar-refractivity contribution in [3.05, 3.63) is 192 Å². The van der Waals surface area contributed by atoms with Gasteiger partial charge in [0.2, 0.25) is 0 Å². The van der Waals surface area contributed by atoms with E-state index >= 15 is 0 Å². The van der Waals surface area contributed by atoms with Crippen molar-refractivity contribution in [3.8, 4) is 11.1 Å². The lowest BCUT2D eigenvalue weighted by Crippen LogP contribution is -2.61. The number of rotatable bonds is 6. The third-order valence-corrected chi connectivity index (χ3v) is 15.9. The van der Waals surface area contributed by atoms with Crippen molar-refractivity contribution in [1.82, 2.24) is 0 Å². The van der Waals surface area contributed by atoms with E-state index in [-0.39, 0.29) is 33.8 Å². The molecule has 71 heavy (non-hydrogen) atoms. The fraction of sp³-hybridized carbons (Fsp3) is 0.303. The lowest BCUT2D eigenvalue weighted by Gasteiger charge is -2.45. The van der Waals surface area contributed by atoms with Gasteiger partial charge >= 0.3 is 0 Å². The Bertz CT molecular complexity index is 3270. The summed E-state index contributed by atoms with van der Waals surface area (Å²) in [6, 6.07) is 61.7. The second kappa shape index (κ2) is 16.4. The summed E-state index contributed by atoms with van der Waals surface area (Å²) in [7, 11) is 0. The molecule has 0 radical (unpaired) electrons. The highest BCUT2D eigenvalue weighted by Crippen LogP contribution is 2.56. The van der Waals surface area contributed by atoms with Crippen LogP contribution in [0.2, 0.25) is 0 Å². The Morgan fingerprint density at radius 3 is 1.54 bits per heavy atom. The highest BCUT2D eigenvalue weighted by molar-refractivity contribution is 6.99. The molecule has 5 heteroatoms. The largest absolute Gasteiger partial charge is 0.472 e. The topological polar surface area (TPSA) is 22.9 Å².